The van der Waals surface area contributed by atoms with Crippen LogP contribution in [0, 0.1) is 5.82 Å². The maximum atomic E-state index is 13.8. The first kappa shape index (κ1) is 29.3. The summed E-state index contributed by atoms with van der Waals surface area (Å²) in [5, 5.41) is 23.8. The Hall–Kier alpha value is -4.21. The summed E-state index contributed by atoms with van der Waals surface area (Å²) in [7, 11) is 0. The Bertz CT molecular complexity index is 1550. The van der Waals surface area contributed by atoms with E-state index < -0.39 is 29.8 Å². The van der Waals surface area contributed by atoms with Crippen molar-refractivity contribution in [2.75, 3.05) is 11.9 Å². The molecule has 3 aromatic carbocycles. The number of anilines is 1. The van der Waals surface area contributed by atoms with Crippen molar-refractivity contribution in [3.8, 4) is 0 Å². The first-order chi connectivity index (χ1) is 20.0. The lowest BCUT2D eigenvalue weighted by Gasteiger charge is -2.29. The monoisotopic (exact) mass is 590 g/mol. The molecule has 0 spiro atoms. The van der Waals surface area contributed by atoms with E-state index in [-0.39, 0.29) is 25.3 Å². The van der Waals surface area contributed by atoms with Gasteiger partial charge in [-0.15, -0.1) is 0 Å². The van der Waals surface area contributed by atoms with Crippen molar-refractivity contribution in [2.45, 2.75) is 51.5 Å². The van der Waals surface area contributed by atoms with E-state index in [4.69, 9.17) is 21.4 Å². The molecule has 3 N–H and O–H groups in total. The van der Waals surface area contributed by atoms with Crippen molar-refractivity contribution >= 4 is 40.6 Å². The van der Waals surface area contributed by atoms with Gasteiger partial charge in [0.2, 0.25) is 5.91 Å². The number of hydrazone groups is 1. The molecule has 0 bridgehead atoms. The van der Waals surface area contributed by atoms with Crippen LogP contribution in [0.1, 0.15) is 56.3 Å². The Morgan fingerprint density at radius 3 is 2.52 bits per heavy atom. The van der Waals surface area contributed by atoms with Crippen molar-refractivity contribution in [1.29, 1.82) is 0 Å². The highest BCUT2D eigenvalue weighted by atomic mass is 35.5. The first-order valence-electron chi connectivity index (χ1n) is 13.7. The number of nitrogens with one attached hydrogen (secondary N) is 2. The van der Waals surface area contributed by atoms with Gasteiger partial charge in [0.15, 0.2) is 6.23 Å². The molecular formula is C32H32ClFN4O4. The van der Waals surface area contributed by atoms with Gasteiger partial charge in [-0.3, -0.25) is 4.79 Å². The number of ether oxygens (including phenoxy) is 1. The van der Waals surface area contributed by atoms with Crippen molar-refractivity contribution in [1.82, 2.24) is 10.3 Å². The number of alkyl carbamates (subject to hydrolysis) is 1. The third-order valence-corrected chi connectivity index (χ3v) is 7.12. The Labute approximate surface area is 248 Å². The third-order valence-electron chi connectivity index (χ3n) is 6.89. The number of aliphatic hydroxyl groups excluding tert-OH is 1. The van der Waals surface area contributed by atoms with Crippen LogP contribution in [0.3, 0.4) is 0 Å². The normalized spacial score (nSPS) is 18.2. The van der Waals surface area contributed by atoms with E-state index in [1.165, 1.54) is 17.1 Å². The Balaban J connectivity index is 1.53. The molecule has 0 saturated heterocycles. The van der Waals surface area contributed by atoms with Crippen molar-refractivity contribution < 1.29 is 23.8 Å². The van der Waals surface area contributed by atoms with Crippen LogP contribution in [0.2, 0.25) is 5.02 Å². The van der Waals surface area contributed by atoms with E-state index in [2.05, 4.69) is 10.6 Å². The van der Waals surface area contributed by atoms with E-state index in [0.717, 1.165) is 16.7 Å². The maximum Gasteiger partial charge on any atom is 0.407 e. The van der Waals surface area contributed by atoms with Crippen LogP contribution in [0.4, 0.5) is 14.9 Å². The number of hydrogen-bond donors (Lipinski definition) is 3. The highest BCUT2D eigenvalue weighted by Gasteiger charge is 2.38. The molecule has 2 atom stereocenters. The van der Waals surface area contributed by atoms with Gasteiger partial charge in [0.25, 0.3) is 0 Å². The molecule has 0 saturated carbocycles. The average Bonchev–Trinajstić information content (AvgIpc) is 3.37. The van der Waals surface area contributed by atoms with E-state index in [0.29, 0.717) is 27.6 Å². The van der Waals surface area contributed by atoms with Crippen LogP contribution in [-0.2, 0) is 9.53 Å². The van der Waals surface area contributed by atoms with Gasteiger partial charge in [0.05, 0.1) is 11.8 Å². The molecule has 42 heavy (non-hydrogen) atoms. The maximum absolute atomic E-state index is 13.8. The quantitative estimate of drug-likeness (QED) is 0.314. The predicted octanol–water partition coefficient (Wildman–Crippen LogP) is 6.27. The van der Waals surface area contributed by atoms with Crippen molar-refractivity contribution in [3.05, 3.63) is 106 Å². The fraction of sp³-hybridized carbons (Fsp3) is 0.281. The molecule has 8 nitrogen and oxygen atoms in total. The molecule has 0 aromatic heterocycles. The molecule has 2 amide bonds. The molecule has 218 valence electrons. The minimum absolute atomic E-state index is 0.0409. The number of amides is 2. The first-order valence-corrected chi connectivity index (χ1v) is 14.0. The van der Waals surface area contributed by atoms with Crippen LogP contribution in [-0.4, -0.2) is 46.2 Å². The van der Waals surface area contributed by atoms with Gasteiger partial charge in [-0.2, -0.15) is 5.10 Å². The van der Waals surface area contributed by atoms with E-state index in [9.17, 15) is 19.1 Å². The zero-order valence-corrected chi connectivity index (χ0v) is 24.3. The van der Waals surface area contributed by atoms with Crippen LogP contribution in [0.15, 0.2) is 83.5 Å². The molecule has 2 aliphatic heterocycles. The zero-order chi connectivity index (χ0) is 30.0. The third kappa shape index (κ3) is 6.48. The van der Waals surface area contributed by atoms with E-state index in [1.807, 2.05) is 42.5 Å². The number of hydrogen-bond acceptors (Lipinski definition) is 6. The van der Waals surface area contributed by atoms with Crippen LogP contribution in [0.25, 0.3) is 5.57 Å². The second kappa shape index (κ2) is 12.0. The number of aliphatic hydroxyl groups is 1. The van der Waals surface area contributed by atoms with Crippen molar-refractivity contribution in [3.63, 3.8) is 0 Å². The number of carbonyl (C=O) groups is 2. The topological polar surface area (TPSA) is 103 Å². The fourth-order valence-electron chi connectivity index (χ4n) is 5.12. The van der Waals surface area contributed by atoms with E-state index in [1.54, 1.807) is 39.0 Å². The molecule has 5 rings (SSSR count). The van der Waals surface area contributed by atoms with Crippen molar-refractivity contribution in [2.24, 2.45) is 5.10 Å². The lowest BCUT2D eigenvalue weighted by Crippen LogP contribution is -2.35. The molecule has 0 radical (unpaired) electrons. The summed E-state index contributed by atoms with van der Waals surface area (Å²) in [4.78, 5) is 25.6. The lowest BCUT2D eigenvalue weighted by molar-refractivity contribution is -0.132. The van der Waals surface area contributed by atoms with Gasteiger partial charge in [0, 0.05) is 46.8 Å². The number of benzene rings is 3. The SMILES string of the molecule is CC(C)(C)OC(=O)NCCC(=O)N1N=C(C2=C(c3ccccc3)c3cc(Cl)ccc3NC2O)CC1c1ccc(F)cc1. The summed E-state index contributed by atoms with van der Waals surface area (Å²) >= 11 is 6.39. The van der Waals surface area contributed by atoms with E-state index >= 15 is 0 Å². The average molecular weight is 591 g/mol. The number of halogens is 2. The van der Waals surface area contributed by atoms with Gasteiger partial charge in [-0.05, 0) is 62.2 Å². The summed E-state index contributed by atoms with van der Waals surface area (Å²) < 4.78 is 19.1. The largest absolute Gasteiger partial charge is 0.444 e. The molecule has 10 heteroatoms. The minimum Gasteiger partial charge on any atom is -0.444 e. The molecule has 2 aliphatic rings. The summed E-state index contributed by atoms with van der Waals surface area (Å²) in [6.07, 6.45) is -1.51. The van der Waals surface area contributed by atoms with Crippen LogP contribution < -0.4 is 10.6 Å². The summed E-state index contributed by atoms with van der Waals surface area (Å²) in [6, 6.07) is 20.4. The second-order valence-corrected chi connectivity index (χ2v) is 11.6. The number of rotatable bonds is 6. The summed E-state index contributed by atoms with van der Waals surface area (Å²) in [6.45, 7) is 5.31. The number of carbonyl (C=O) groups excluding carboxylic acids is 2. The van der Waals surface area contributed by atoms with Gasteiger partial charge in [0.1, 0.15) is 11.4 Å². The molecular weight excluding hydrogens is 559 g/mol. The highest BCUT2D eigenvalue weighted by Crippen LogP contribution is 2.43. The second-order valence-electron chi connectivity index (χ2n) is 11.1. The standard InChI is InChI=1S/C32H32ClFN4O4/c1-32(2,3)42-31(41)35-16-15-27(39)38-26(19-9-12-22(34)13-10-19)18-25(37-38)29-28(20-7-5-4-6-8-20)23-17-21(33)11-14-24(23)36-30(29)40/h4-14,17,26,30,36,40H,15-16,18H2,1-3H3,(H,35,41). The Morgan fingerprint density at radius 1 is 1.12 bits per heavy atom. The van der Waals surface area contributed by atoms with Crippen LogP contribution in [0.5, 0.6) is 0 Å². The highest BCUT2D eigenvalue weighted by molar-refractivity contribution is 6.31. The number of nitrogens with zero attached hydrogens (tertiary/aromatic N) is 2. The number of fused-ring (bicyclic) bond motifs is 1. The van der Waals surface area contributed by atoms with Gasteiger partial charge in [-0.25, -0.2) is 14.2 Å². The predicted molar refractivity (Wildman–Crippen MR) is 160 cm³/mol. The fourth-order valence-corrected chi connectivity index (χ4v) is 5.29. The van der Waals surface area contributed by atoms with Gasteiger partial charge in [-0.1, -0.05) is 54.1 Å². The molecule has 0 fully saturated rings. The lowest BCUT2D eigenvalue weighted by atomic mass is 9.84. The Morgan fingerprint density at radius 2 is 1.83 bits per heavy atom. The molecule has 3 aromatic rings. The van der Waals surface area contributed by atoms with Gasteiger partial charge >= 0.3 is 6.09 Å². The Kier molecular flexibility index (Phi) is 8.34. The molecule has 0 aliphatic carbocycles. The summed E-state index contributed by atoms with van der Waals surface area (Å²) in [5.74, 6) is -0.745. The molecule has 2 heterocycles. The van der Waals surface area contributed by atoms with Gasteiger partial charge < -0.3 is 20.5 Å². The molecule has 2 unspecified atom stereocenters. The van der Waals surface area contributed by atoms with Crippen LogP contribution >= 0.6 is 11.6 Å². The zero-order valence-electron chi connectivity index (χ0n) is 23.5. The smallest absolute Gasteiger partial charge is 0.407 e. The minimum atomic E-state index is -1.12. The summed E-state index contributed by atoms with van der Waals surface area (Å²) in [5.41, 5.74) is 4.14.